The van der Waals surface area contributed by atoms with Crippen molar-refractivity contribution in [3.8, 4) is 5.88 Å². The van der Waals surface area contributed by atoms with Gasteiger partial charge in [-0.15, -0.1) is 0 Å². The number of hydrogen-bond donors (Lipinski definition) is 1. The van der Waals surface area contributed by atoms with E-state index >= 15 is 0 Å². The van der Waals surface area contributed by atoms with E-state index in [1.54, 1.807) is 24.4 Å². The zero-order valence-electron chi connectivity index (χ0n) is 18.1. The largest absolute Gasteiger partial charge is 0.473 e. The molecule has 4 aromatic heterocycles. The summed E-state index contributed by atoms with van der Waals surface area (Å²) >= 11 is 0. The number of ether oxygens (including phenoxy) is 2. The van der Waals surface area contributed by atoms with Crippen molar-refractivity contribution in [2.45, 2.75) is 50.7 Å². The fraction of sp³-hybridized carbons (Fsp3) is 0.409. The van der Waals surface area contributed by atoms with E-state index in [2.05, 4.69) is 27.3 Å². The number of imidazole rings is 1. The number of amides is 1. The first-order valence-electron chi connectivity index (χ1n) is 10.7. The van der Waals surface area contributed by atoms with Crippen LogP contribution in [-0.2, 0) is 10.2 Å². The molecule has 164 valence electrons. The molecular formula is C22H23N7O3. The van der Waals surface area contributed by atoms with Crippen LogP contribution in [0.3, 0.4) is 0 Å². The van der Waals surface area contributed by atoms with Crippen LogP contribution in [0.25, 0.3) is 11.4 Å². The van der Waals surface area contributed by atoms with E-state index < -0.39 is 0 Å². The molecule has 0 atom stereocenters. The Morgan fingerprint density at radius 2 is 2.09 bits per heavy atom. The minimum absolute atomic E-state index is 0.0311. The summed E-state index contributed by atoms with van der Waals surface area (Å²) < 4.78 is 15.2. The third-order valence-corrected chi connectivity index (χ3v) is 6.21. The number of nitrogens with zero attached hydrogens (tertiary/aromatic N) is 6. The molecule has 10 nitrogen and oxygen atoms in total. The fourth-order valence-electron chi connectivity index (χ4n) is 4.92. The van der Waals surface area contributed by atoms with Crippen molar-refractivity contribution in [2.75, 3.05) is 11.9 Å². The average Bonchev–Trinajstić information content (AvgIpc) is 3.48. The third-order valence-electron chi connectivity index (χ3n) is 6.21. The van der Waals surface area contributed by atoms with Crippen LogP contribution in [0.5, 0.6) is 5.88 Å². The van der Waals surface area contributed by atoms with Gasteiger partial charge in [-0.05, 0) is 45.7 Å². The quantitative estimate of drug-likeness (QED) is 0.515. The van der Waals surface area contributed by atoms with E-state index in [1.165, 1.54) is 10.8 Å². The third kappa shape index (κ3) is 2.86. The minimum Gasteiger partial charge on any atom is -0.473 e. The van der Waals surface area contributed by atoms with Crippen LogP contribution in [-0.4, -0.2) is 53.2 Å². The first-order valence-corrected chi connectivity index (χ1v) is 10.7. The number of carbonyl (C=O) groups is 1. The molecule has 0 aromatic carbocycles. The number of nitrogens with one attached hydrogen (secondary N) is 1. The van der Waals surface area contributed by atoms with Crippen LogP contribution >= 0.6 is 0 Å². The van der Waals surface area contributed by atoms with Crippen molar-refractivity contribution in [3.63, 3.8) is 0 Å². The molecule has 1 aliphatic carbocycles. The minimum atomic E-state index is -0.339. The van der Waals surface area contributed by atoms with Crippen LogP contribution in [0.2, 0.25) is 0 Å². The second kappa shape index (κ2) is 6.49. The van der Waals surface area contributed by atoms with Gasteiger partial charge in [0.15, 0.2) is 5.65 Å². The second-order valence-corrected chi connectivity index (χ2v) is 9.23. The van der Waals surface area contributed by atoms with E-state index in [4.69, 9.17) is 14.5 Å². The van der Waals surface area contributed by atoms with Gasteiger partial charge in [0, 0.05) is 17.8 Å². The number of anilines is 1. The fourth-order valence-corrected chi connectivity index (χ4v) is 4.92. The van der Waals surface area contributed by atoms with Crippen LogP contribution in [0.15, 0.2) is 36.9 Å². The molecule has 1 saturated carbocycles. The molecular weight excluding hydrogens is 410 g/mol. The molecule has 3 fully saturated rings. The molecule has 3 aliphatic rings. The Balaban J connectivity index is 1.38. The van der Waals surface area contributed by atoms with Gasteiger partial charge in [0.05, 0.1) is 24.0 Å². The van der Waals surface area contributed by atoms with E-state index in [-0.39, 0.29) is 23.0 Å². The van der Waals surface area contributed by atoms with Crippen molar-refractivity contribution >= 4 is 23.0 Å². The van der Waals surface area contributed by atoms with E-state index in [0.717, 1.165) is 18.5 Å². The Morgan fingerprint density at radius 3 is 2.84 bits per heavy atom. The first kappa shape index (κ1) is 19.2. The summed E-state index contributed by atoms with van der Waals surface area (Å²) in [5.74, 6) is 0.512. The van der Waals surface area contributed by atoms with Gasteiger partial charge in [-0.3, -0.25) is 9.20 Å². The average molecular weight is 433 g/mol. The number of aromatic nitrogens is 6. The highest BCUT2D eigenvalue weighted by Gasteiger charge is 2.61. The zero-order valence-corrected chi connectivity index (χ0v) is 18.1. The maximum absolute atomic E-state index is 13.1. The van der Waals surface area contributed by atoms with Gasteiger partial charge in [-0.1, -0.05) is 6.07 Å². The lowest BCUT2D eigenvalue weighted by Crippen LogP contribution is -2.45. The summed E-state index contributed by atoms with van der Waals surface area (Å²) in [7, 11) is 0. The second-order valence-electron chi connectivity index (χ2n) is 9.23. The number of pyridine rings is 1. The lowest BCUT2D eigenvalue weighted by molar-refractivity contribution is 0.0154. The molecule has 2 aliphatic heterocycles. The van der Waals surface area contributed by atoms with Gasteiger partial charge in [-0.2, -0.15) is 10.1 Å². The van der Waals surface area contributed by atoms with Crippen molar-refractivity contribution in [2.24, 2.45) is 0 Å². The predicted octanol–water partition coefficient (Wildman–Crippen LogP) is 2.63. The number of rotatable bonds is 5. The summed E-state index contributed by atoms with van der Waals surface area (Å²) in [5, 5.41) is 7.06. The highest BCUT2D eigenvalue weighted by Crippen LogP contribution is 2.58. The van der Waals surface area contributed by atoms with Gasteiger partial charge in [0.1, 0.15) is 17.7 Å². The van der Waals surface area contributed by atoms with Crippen LogP contribution in [0.1, 0.15) is 49.8 Å². The van der Waals surface area contributed by atoms with Crippen LogP contribution in [0.4, 0.5) is 5.69 Å². The molecule has 1 N–H and O–H groups in total. The van der Waals surface area contributed by atoms with E-state index in [9.17, 15) is 4.79 Å². The Hall–Kier alpha value is -3.53. The summed E-state index contributed by atoms with van der Waals surface area (Å²) in [4.78, 5) is 26.6. The summed E-state index contributed by atoms with van der Waals surface area (Å²) in [5.41, 5.74) is 2.29. The van der Waals surface area contributed by atoms with Crippen molar-refractivity contribution in [3.05, 3.63) is 48.3 Å². The van der Waals surface area contributed by atoms with E-state index in [0.29, 0.717) is 35.3 Å². The number of fused-ring (bicyclic) bond motifs is 3. The molecule has 7 rings (SSSR count). The molecule has 0 spiro atoms. The molecule has 0 unspecified atom stereocenters. The molecule has 1 amide bonds. The monoisotopic (exact) mass is 433 g/mol. The summed E-state index contributed by atoms with van der Waals surface area (Å²) in [6.07, 6.45) is 6.99. The highest BCUT2D eigenvalue weighted by molar-refractivity contribution is 6.04. The first-order chi connectivity index (χ1) is 15.3. The van der Waals surface area contributed by atoms with Gasteiger partial charge >= 0.3 is 0 Å². The van der Waals surface area contributed by atoms with Crippen molar-refractivity contribution < 1.29 is 14.3 Å². The maximum atomic E-state index is 13.1. The van der Waals surface area contributed by atoms with Gasteiger partial charge in [0.25, 0.3) is 5.91 Å². The lowest BCUT2D eigenvalue weighted by Gasteiger charge is -2.41. The predicted molar refractivity (Wildman–Crippen MR) is 115 cm³/mol. The molecule has 10 heteroatoms. The number of carbonyl (C=O) groups excluding carboxylic acids is 1. The summed E-state index contributed by atoms with van der Waals surface area (Å²) in [6.45, 7) is 6.64. The van der Waals surface area contributed by atoms with Crippen LogP contribution < -0.4 is 10.1 Å². The number of hydrogen-bond acceptors (Lipinski definition) is 7. The Labute approximate surface area is 183 Å². The zero-order chi connectivity index (χ0) is 22.1. The molecule has 0 radical (unpaired) electrons. The molecule has 4 aromatic rings. The molecule has 2 bridgehead atoms. The normalized spacial score (nSPS) is 24.2. The molecule has 2 saturated heterocycles. The Kier molecular flexibility index (Phi) is 3.89. The van der Waals surface area contributed by atoms with Gasteiger partial charge in [0.2, 0.25) is 11.7 Å². The summed E-state index contributed by atoms with van der Waals surface area (Å²) in [6, 6.07) is 5.24. The Bertz CT molecular complexity index is 1370. The SMILES string of the molecule is CC(C)Oc1nc2nc(C34COC(C)(C3)C4)cn2cc1NC(=O)c1cccc2ncnn12. The van der Waals surface area contributed by atoms with Crippen LogP contribution in [0, 0.1) is 0 Å². The van der Waals surface area contributed by atoms with Crippen molar-refractivity contribution in [1.82, 2.24) is 29.0 Å². The van der Waals surface area contributed by atoms with E-state index in [1.807, 2.05) is 24.4 Å². The highest BCUT2D eigenvalue weighted by atomic mass is 16.5. The lowest BCUT2D eigenvalue weighted by atomic mass is 9.62. The maximum Gasteiger partial charge on any atom is 0.274 e. The standard InChI is InChI=1S/C22H23N7O3/c1-13(2)32-19-14(25-18(30)15-5-4-6-17-23-12-24-29(15)17)7-28-8-16(26-20(28)27-19)22-9-21(3,10-22)31-11-22/h4-8,12-13H,9-11H2,1-3H3,(H,25,30). The van der Waals surface area contributed by atoms with Crippen molar-refractivity contribution in [1.29, 1.82) is 0 Å². The smallest absolute Gasteiger partial charge is 0.274 e. The topological polar surface area (TPSA) is 108 Å². The molecule has 6 heterocycles. The van der Waals surface area contributed by atoms with Gasteiger partial charge < -0.3 is 14.8 Å². The Morgan fingerprint density at radius 1 is 1.25 bits per heavy atom. The van der Waals surface area contributed by atoms with Gasteiger partial charge in [-0.25, -0.2) is 14.5 Å². The molecule has 32 heavy (non-hydrogen) atoms.